The molecule has 0 saturated carbocycles. The molecule has 1 unspecified atom stereocenters. The van der Waals surface area contributed by atoms with Crippen molar-refractivity contribution in [3.63, 3.8) is 0 Å². The molecule has 0 heterocycles. The van der Waals surface area contributed by atoms with Gasteiger partial charge >= 0.3 is 6.09 Å². The summed E-state index contributed by atoms with van der Waals surface area (Å²) in [5, 5.41) is 5.73. The summed E-state index contributed by atoms with van der Waals surface area (Å²) < 4.78 is 28.6. The van der Waals surface area contributed by atoms with Crippen molar-refractivity contribution in [1.82, 2.24) is 5.32 Å². The smallest absolute Gasteiger partial charge is 0.407 e. The first-order chi connectivity index (χ1) is 9.99. The molecule has 0 aromatic heterocycles. The third-order valence-corrected chi connectivity index (χ3v) is 3.79. The van der Waals surface area contributed by atoms with Crippen LogP contribution in [0.4, 0.5) is 10.5 Å². The van der Waals surface area contributed by atoms with Gasteiger partial charge in [0.1, 0.15) is 5.60 Å². The van der Waals surface area contributed by atoms with Gasteiger partial charge in [-0.25, -0.2) is 13.2 Å². The van der Waals surface area contributed by atoms with Crippen molar-refractivity contribution in [2.24, 2.45) is 0 Å². The maximum Gasteiger partial charge on any atom is 0.407 e. The van der Waals surface area contributed by atoms with Crippen molar-refractivity contribution in [2.75, 3.05) is 18.1 Å². The molecule has 1 aromatic rings. The zero-order valence-corrected chi connectivity index (χ0v) is 14.5. The second kappa shape index (κ2) is 7.00. The monoisotopic (exact) mass is 328 g/mol. The highest BCUT2D eigenvalue weighted by molar-refractivity contribution is 7.90. The van der Waals surface area contributed by atoms with Crippen molar-refractivity contribution in [1.29, 1.82) is 0 Å². The van der Waals surface area contributed by atoms with Crippen LogP contribution in [0.3, 0.4) is 0 Å². The topological polar surface area (TPSA) is 84.5 Å². The van der Waals surface area contributed by atoms with Crippen LogP contribution in [0, 0.1) is 0 Å². The molecule has 6 nitrogen and oxygen atoms in total. The highest BCUT2D eigenvalue weighted by Crippen LogP contribution is 2.21. The Morgan fingerprint density at radius 3 is 2.41 bits per heavy atom. The van der Waals surface area contributed by atoms with Crippen LogP contribution in [0.2, 0.25) is 0 Å². The molecule has 2 N–H and O–H groups in total. The van der Waals surface area contributed by atoms with Gasteiger partial charge in [-0.15, -0.1) is 0 Å². The van der Waals surface area contributed by atoms with Crippen LogP contribution in [-0.4, -0.2) is 39.0 Å². The lowest BCUT2D eigenvalue weighted by Crippen LogP contribution is -2.38. The summed E-state index contributed by atoms with van der Waals surface area (Å²) in [6.45, 7) is 7.52. The van der Waals surface area contributed by atoms with Gasteiger partial charge < -0.3 is 15.4 Å². The molecular formula is C15H24N2O4S. The molecule has 0 aliphatic rings. The number of alkyl carbamates (subject to hydrolysis) is 1. The van der Waals surface area contributed by atoms with Crippen molar-refractivity contribution in [3.05, 3.63) is 24.3 Å². The Hall–Kier alpha value is -1.76. The summed E-state index contributed by atoms with van der Waals surface area (Å²) in [5.74, 6) is 0. The summed E-state index contributed by atoms with van der Waals surface area (Å²) in [5.41, 5.74) is -0.0348. The highest BCUT2D eigenvalue weighted by atomic mass is 32.2. The number of benzene rings is 1. The van der Waals surface area contributed by atoms with Crippen LogP contribution in [0.1, 0.15) is 27.7 Å². The summed E-state index contributed by atoms with van der Waals surface area (Å²) in [7, 11) is -3.31. The number of ether oxygens (including phenoxy) is 1. The van der Waals surface area contributed by atoms with E-state index in [9.17, 15) is 13.2 Å². The number of nitrogens with one attached hydrogen (secondary N) is 2. The van der Waals surface area contributed by atoms with Gasteiger partial charge in [0, 0.05) is 18.8 Å². The van der Waals surface area contributed by atoms with Crippen LogP contribution >= 0.6 is 0 Å². The number of amides is 1. The van der Waals surface area contributed by atoms with E-state index in [1.54, 1.807) is 45.0 Å². The lowest BCUT2D eigenvalue weighted by atomic mass is 10.2. The zero-order chi connectivity index (χ0) is 17.0. The number of anilines is 1. The van der Waals surface area contributed by atoms with E-state index in [1.807, 2.05) is 6.92 Å². The zero-order valence-electron chi connectivity index (χ0n) is 13.6. The third-order valence-electron chi connectivity index (χ3n) is 2.64. The number of hydrogen-bond acceptors (Lipinski definition) is 5. The maximum atomic E-state index is 11.7. The van der Waals surface area contributed by atoms with E-state index in [0.29, 0.717) is 12.2 Å². The summed E-state index contributed by atoms with van der Waals surface area (Å²) in [6.07, 6.45) is 0.662. The summed E-state index contributed by atoms with van der Waals surface area (Å²) in [6, 6.07) is 6.51. The average Bonchev–Trinajstić information content (AvgIpc) is 2.34. The lowest BCUT2D eigenvalue weighted by Gasteiger charge is -2.22. The fourth-order valence-electron chi connectivity index (χ4n) is 1.78. The third kappa shape index (κ3) is 6.34. The molecule has 124 valence electrons. The lowest BCUT2D eigenvalue weighted by molar-refractivity contribution is 0.0526. The van der Waals surface area contributed by atoms with Gasteiger partial charge in [0.2, 0.25) is 0 Å². The molecule has 0 aliphatic heterocycles. The van der Waals surface area contributed by atoms with Gasteiger partial charge in [-0.2, -0.15) is 0 Å². The summed E-state index contributed by atoms with van der Waals surface area (Å²) in [4.78, 5) is 11.8. The molecule has 0 aliphatic carbocycles. The second-order valence-corrected chi connectivity index (χ2v) is 8.18. The first-order valence-electron chi connectivity index (χ1n) is 7.01. The fraction of sp³-hybridized carbons (Fsp3) is 0.533. The van der Waals surface area contributed by atoms with E-state index in [2.05, 4.69) is 10.6 Å². The van der Waals surface area contributed by atoms with Crippen LogP contribution in [0.5, 0.6) is 0 Å². The van der Waals surface area contributed by atoms with Gasteiger partial charge in [0.15, 0.2) is 9.84 Å². The standard InChI is InChI=1S/C15H24N2O4S/c1-11(10-16-14(18)21-15(2,3)4)17-12-8-6-7-9-13(12)22(5,19)20/h6-9,11,17H,10H2,1-5H3,(H,16,18). The van der Waals surface area contributed by atoms with E-state index in [4.69, 9.17) is 4.74 Å². The first-order valence-corrected chi connectivity index (χ1v) is 8.90. The minimum atomic E-state index is -3.31. The Labute approximate surface area is 132 Å². The molecule has 1 amide bonds. The fourth-order valence-corrected chi connectivity index (χ4v) is 2.63. The van der Waals surface area contributed by atoms with E-state index in [-0.39, 0.29) is 10.9 Å². The van der Waals surface area contributed by atoms with Crippen LogP contribution in [-0.2, 0) is 14.6 Å². The minimum absolute atomic E-state index is 0.157. The SMILES string of the molecule is CC(CNC(=O)OC(C)(C)C)Nc1ccccc1S(C)(=O)=O. The quantitative estimate of drug-likeness (QED) is 0.867. The van der Waals surface area contributed by atoms with Gasteiger partial charge in [-0.05, 0) is 39.8 Å². The Morgan fingerprint density at radius 2 is 1.86 bits per heavy atom. The molecule has 1 rings (SSSR count). The highest BCUT2D eigenvalue weighted by Gasteiger charge is 2.17. The van der Waals surface area contributed by atoms with E-state index in [0.717, 1.165) is 6.26 Å². The molecule has 7 heteroatoms. The van der Waals surface area contributed by atoms with Gasteiger partial charge in [-0.3, -0.25) is 0 Å². The molecular weight excluding hydrogens is 304 g/mol. The molecule has 0 saturated heterocycles. The minimum Gasteiger partial charge on any atom is -0.444 e. The number of para-hydroxylation sites is 1. The first kappa shape index (κ1) is 18.3. The predicted octanol–water partition coefficient (Wildman–Crippen LogP) is 2.42. The Balaban J connectivity index is 2.64. The summed E-state index contributed by atoms with van der Waals surface area (Å²) >= 11 is 0. The van der Waals surface area contributed by atoms with Crippen molar-refractivity contribution in [3.8, 4) is 0 Å². The van der Waals surface area contributed by atoms with Crippen molar-refractivity contribution < 1.29 is 17.9 Å². The predicted molar refractivity (Wildman–Crippen MR) is 86.9 cm³/mol. The largest absolute Gasteiger partial charge is 0.444 e. The molecule has 0 radical (unpaired) electrons. The number of sulfone groups is 1. The molecule has 1 atom stereocenters. The van der Waals surface area contributed by atoms with Crippen LogP contribution in [0.25, 0.3) is 0 Å². The number of hydrogen-bond donors (Lipinski definition) is 2. The number of rotatable bonds is 5. The van der Waals surface area contributed by atoms with Crippen molar-refractivity contribution >= 4 is 21.6 Å². The Kier molecular flexibility index (Phi) is 5.82. The Bertz CT molecular complexity index is 621. The van der Waals surface area contributed by atoms with E-state index in [1.165, 1.54) is 0 Å². The normalized spacial score (nSPS) is 13.3. The van der Waals surface area contributed by atoms with Crippen LogP contribution in [0.15, 0.2) is 29.2 Å². The van der Waals surface area contributed by atoms with Gasteiger partial charge in [0.25, 0.3) is 0 Å². The molecule has 22 heavy (non-hydrogen) atoms. The number of carbonyl (C=O) groups excluding carboxylic acids is 1. The van der Waals surface area contributed by atoms with E-state index >= 15 is 0 Å². The average molecular weight is 328 g/mol. The van der Waals surface area contributed by atoms with Crippen LogP contribution < -0.4 is 10.6 Å². The second-order valence-electron chi connectivity index (χ2n) is 6.20. The van der Waals surface area contributed by atoms with Gasteiger partial charge in [0.05, 0.1) is 10.6 Å². The molecule has 0 bridgehead atoms. The van der Waals surface area contributed by atoms with Gasteiger partial charge in [-0.1, -0.05) is 12.1 Å². The van der Waals surface area contributed by atoms with E-state index < -0.39 is 21.5 Å². The Morgan fingerprint density at radius 1 is 1.27 bits per heavy atom. The molecule has 0 fully saturated rings. The molecule has 1 aromatic carbocycles. The van der Waals surface area contributed by atoms with Crippen molar-refractivity contribution in [2.45, 2.75) is 44.2 Å². The molecule has 0 spiro atoms. The number of carbonyl (C=O) groups is 1. The maximum absolute atomic E-state index is 11.7.